The molecule has 2 amide bonds. The van der Waals surface area contributed by atoms with E-state index in [0.717, 1.165) is 6.07 Å². The fourth-order valence-corrected chi connectivity index (χ4v) is 1.76. The van der Waals surface area contributed by atoms with Crippen LogP contribution in [0.4, 0.5) is 4.39 Å². The lowest BCUT2D eigenvalue weighted by Crippen LogP contribution is -2.41. The van der Waals surface area contributed by atoms with Crippen LogP contribution < -0.4 is 10.9 Å². The molecule has 0 bridgehead atoms. The summed E-state index contributed by atoms with van der Waals surface area (Å²) in [7, 11) is 1.25. The first-order valence-corrected chi connectivity index (χ1v) is 6.56. The zero-order chi connectivity index (χ0) is 16.8. The minimum absolute atomic E-state index is 0.0753. The Hall–Kier alpha value is -3.22. The van der Waals surface area contributed by atoms with E-state index in [1.807, 2.05) is 0 Å². The quantitative estimate of drug-likeness (QED) is 0.666. The van der Waals surface area contributed by atoms with Gasteiger partial charge in [0.25, 0.3) is 11.8 Å². The zero-order valence-corrected chi connectivity index (χ0v) is 12.1. The van der Waals surface area contributed by atoms with Crippen molar-refractivity contribution in [3.63, 3.8) is 0 Å². The summed E-state index contributed by atoms with van der Waals surface area (Å²) >= 11 is 0. The highest BCUT2D eigenvalue weighted by Crippen LogP contribution is 2.06. The van der Waals surface area contributed by atoms with Crippen molar-refractivity contribution < 1.29 is 23.5 Å². The van der Waals surface area contributed by atoms with Gasteiger partial charge in [-0.15, -0.1) is 0 Å². The molecule has 2 N–H and O–H groups in total. The van der Waals surface area contributed by atoms with Gasteiger partial charge in [0, 0.05) is 11.1 Å². The van der Waals surface area contributed by atoms with Gasteiger partial charge in [-0.2, -0.15) is 0 Å². The number of halogens is 1. The molecule has 0 spiro atoms. The van der Waals surface area contributed by atoms with E-state index in [2.05, 4.69) is 15.6 Å². The molecule has 0 aromatic heterocycles. The van der Waals surface area contributed by atoms with Crippen molar-refractivity contribution in [3.05, 3.63) is 71.0 Å². The van der Waals surface area contributed by atoms with Gasteiger partial charge < -0.3 is 4.74 Å². The number of ether oxygens (including phenoxy) is 1. The van der Waals surface area contributed by atoms with Gasteiger partial charge in [0.15, 0.2) is 0 Å². The molecule has 0 fully saturated rings. The summed E-state index contributed by atoms with van der Waals surface area (Å²) in [5.41, 5.74) is 4.99. The normalized spacial score (nSPS) is 9.83. The van der Waals surface area contributed by atoms with Crippen LogP contribution in [0, 0.1) is 5.82 Å². The van der Waals surface area contributed by atoms with Crippen LogP contribution >= 0.6 is 0 Å². The van der Waals surface area contributed by atoms with Crippen LogP contribution in [0.5, 0.6) is 0 Å². The average molecular weight is 316 g/mol. The van der Waals surface area contributed by atoms with Gasteiger partial charge in [-0.3, -0.25) is 20.4 Å². The van der Waals surface area contributed by atoms with Gasteiger partial charge in [-0.05, 0) is 42.5 Å². The van der Waals surface area contributed by atoms with Gasteiger partial charge in [0.1, 0.15) is 5.82 Å². The maximum Gasteiger partial charge on any atom is 0.337 e. The lowest BCUT2D eigenvalue weighted by molar-refractivity contribution is 0.0600. The Bertz CT molecular complexity index is 744. The highest BCUT2D eigenvalue weighted by molar-refractivity contribution is 5.99. The molecular formula is C16H13FN2O4. The number of carbonyl (C=O) groups excluding carboxylic acids is 3. The molecule has 0 aliphatic rings. The molecule has 6 nitrogen and oxygen atoms in total. The molecule has 118 valence electrons. The smallest absolute Gasteiger partial charge is 0.337 e. The Morgan fingerprint density at radius 1 is 0.870 bits per heavy atom. The number of rotatable bonds is 3. The van der Waals surface area contributed by atoms with E-state index in [4.69, 9.17) is 0 Å². The van der Waals surface area contributed by atoms with Crippen LogP contribution in [0.1, 0.15) is 31.1 Å². The molecule has 2 aromatic rings. The summed E-state index contributed by atoms with van der Waals surface area (Å²) in [6.45, 7) is 0. The fraction of sp³-hybridized carbons (Fsp3) is 0.0625. The number of nitrogens with one attached hydrogen (secondary N) is 2. The van der Waals surface area contributed by atoms with Gasteiger partial charge in [0.2, 0.25) is 0 Å². The number of hydrogen-bond donors (Lipinski definition) is 2. The van der Waals surface area contributed by atoms with Crippen molar-refractivity contribution in [1.29, 1.82) is 0 Å². The van der Waals surface area contributed by atoms with Crippen molar-refractivity contribution in [2.75, 3.05) is 7.11 Å². The number of benzene rings is 2. The first kappa shape index (κ1) is 16.2. The fourth-order valence-electron chi connectivity index (χ4n) is 1.76. The molecule has 0 aliphatic heterocycles. The van der Waals surface area contributed by atoms with Gasteiger partial charge in [-0.25, -0.2) is 9.18 Å². The van der Waals surface area contributed by atoms with Gasteiger partial charge in [-0.1, -0.05) is 6.07 Å². The lowest BCUT2D eigenvalue weighted by atomic mass is 10.1. The molecule has 23 heavy (non-hydrogen) atoms. The summed E-state index contributed by atoms with van der Waals surface area (Å²) in [6.07, 6.45) is 0. The summed E-state index contributed by atoms with van der Waals surface area (Å²) in [6, 6.07) is 10.7. The van der Waals surface area contributed by atoms with Crippen molar-refractivity contribution in [2.24, 2.45) is 0 Å². The first-order chi connectivity index (χ1) is 11.0. The summed E-state index contributed by atoms with van der Waals surface area (Å²) in [5.74, 6) is -2.30. The monoisotopic (exact) mass is 316 g/mol. The maximum absolute atomic E-state index is 13.0. The predicted octanol–water partition coefficient (Wildman–Crippen LogP) is 1.69. The number of esters is 1. The molecule has 7 heteroatoms. The Labute approximate surface area is 131 Å². The number of hydrazine groups is 1. The molecule has 2 rings (SSSR count). The van der Waals surface area contributed by atoms with Crippen LogP contribution in [-0.2, 0) is 4.74 Å². The molecule has 0 aliphatic carbocycles. The Morgan fingerprint density at radius 3 is 2.00 bits per heavy atom. The number of hydrogen-bond acceptors (Lipinski definition) is 4. The molecule has 0 radical (unpaired) electrons. The number of methoxy groups -OCH3 is 1. The van der Waals surface area contributed by atoms with Crippen LogP contribution in [0.2, 0.25) is 0 Å². The highest BCUT2D eigenvalue weighted by atomic mass is 19.1. The number of carbonyl (C=O) groups is 3. The standard InChI is InChI=1S/C16H13FN2O4/c1-23-16(22)11-7-5-10(6-8-11)14(20)18-19-15(21)12-3-2-4-13(17)9-12/h2-9H,1H3,(H,18,20)(H,19,21). The SMILES string of the molecule is COC(=O)c1ccc(C(=O)NNC(=O)c2cccc(F)c2)cc1. The third-order valence-electron chi connectivity index (χ3n) is 2.94. The molecule has 0 heterocycles. The molecule has 0 saturated heterocycles. The van der Waals surface area contributed by atoms with Gasteiger partial charge in [0.05, 0.1) is 12.7 Å². The molecular weight excluding hydrogens is 303 g/mol. The van der Waals surface area contributed by atoms with E-state index in [0.29, 0.717) is 5.56 Å². The summed E-state index contributed by atoms with van der Waals surface area (Å²) in [4.78, 5) is 34.9. The van der Waals surface area contributed by atoms with E-state index in [1.165, 1.54) is 49.6 Å². The number of amides is 2. The second-order valence-corrected chi connectivity index (χ2v) is 4.49. The topological polar surface area (TPSA) is 84.5 Å². The Balaban J connectivity index is 1.97. The van der Waals surface area contributed by atoms with E-state index >= 15 is 0 Å². The molecule has 0 saturated carbocycles. The second kappa shape index (κ2) is 7.17. The van der Waals surface area contributed by atoms with E-state index in [-0.39, 0.29) is 11.1 Å². The van der Waals surface area contributed by atoms with Crippen molar-refractivity contribution in [3.8, 4) is 0 Å². The minimum Gasteiger partial charge on any atom is -0.465 e. The van der Waals surface area contributed by atoms with Crippen LogP contribution in [0.15, 0.2) is 48.5 Å². The summed E-state index contributed by atoms with van der Waals surface area (Å²) < 4.78 is 17.6. The van der Waals surface area contributed by atoms with Crippen LogP contribution in [0.3, 0.4) is 0 Å². The minimum atomic E-state index is -0.649. The van der Waals surface area contributed by atoms with Gasteiger partial charge >= 0.3 is 5.97 Å². The third-order valence-corrected chi connectivity index (χ3v) is 2.94. The molecule has 2 aromatic carbocycles. The van der Waals surface area contributed by atoms with E-state index in [1.54, 1.807) is 0 Å². The third kappa shape index (κ3) is 4.13. The van der Waals surface area contributed by atoms with Crippen LogP contribution in [-0.4, -0.2) is 24.9 Å². The maximum atomic E-state index is 13.0. The largest absolute Gasteiger partial charge is 0.465 e. The lowest BCUT2D eigenvalue weighted by Gasteiger charge is -2.08. The van der Waals surface area contributed by atoms with Crippen molar-refractivity contribution >= 4 is 17.8 Å². The average Bonchev–Trinajstić information content (AvgIpc) is 2.58. The Morgan fingerprint density at radius 2 is 1.43 bits per heavy atom. The second-order valence-electron chi connectivity index (χ2n) is 4.49. The van der Waals surface area contributed by atoms with Crippen LogP contribution in [0.25, 0.3) is 0 Å². The van der Waals surface area contributed by atoms with Crippen molar-refractivity contribution in [1.82, 2.24) is 10.9 Å². The highest BCUT2D eigenvalue weighted by Gasteiger charge is 2.11. The van der Waals surface area contributed by atoms with E-state index in [9.17, 15) is 18.8 Å². The van der Waals surface area contributed by atoms with Crippen molar-refractivity contribution in [2.45, 2.75) is 0 Å². The molecule has 0 unspecified atom stereocenters. The van der Waals surface area contributed by atoms with E-state index < -0.39 is 23.6 Å². The first-order valence-electron chi connectivity index (χ1n) is 6.56. The Kier molecular flexibility index (Phi) is 5.03. The zero-order valence-electron chi connectivity index (χ0n) is 12.1. The predicted molar refractivity (Wildman–Crippen MR) is 79.1 cm³/mol. The summed E-state index contributed by atoms with van der Waals surface area (Å²) in [5, 5.41) is 0. The molecule has 0 atom stereocenters.